The second-order valence-electron chi connectivity index (χ2n) is 5.55. The summed E-state index contributed by atoms with van der Waals surface area (Å²) in [4.78, 5) is -3.12. The number of hydrogen-bond acceptors (Lipinski definition) is 2. The smallest absolute Gasteiger partial charge is 0.282 e. The van der Waals surface area contributed by atoms with E-state index in [1.54, 1.807) is 0 Å². The van der Waals surface area contributed by atoms with Gasteiger partial charge in [-0.05, 0) is 6.07 Å². The summed E-state index contributed by atoms with van der Waals surface area (Å²) in [6.45, 7) is 0. The molecule has 0 amide bonds. The van der Waals surface area contributed by atoms with Crippen LogP contribution in [0.1, 0.15) is 16.7 Å². The van der Waals surface area contributed by atoms with E-state index in [1.165, 1.54) is 0 Å². The van der Waals surface area contributed by atoms with Crippen LogP contribution in [0.3, 0.4) is 0 Å². The van der Waals surface area contributed by atoms with Crippen molar-refractivity contribution in [1.29, 1.82) is 0 Å². The Labute approximate surface area is 160 Å². The average molecular weight is 512 g/mol. The van der Waals surface area contributed by atoms with Crippen LogP contribution < -0.4 is 0 Å². The Balaban J connectivity index is 4.55. The highest BCUT2D eigenvalue weighted by Crippen LogP contribution is 2.58. The van der Waals surface area contributed by atoms with E-state index in [4.69, 9.17) is 4.55 Å². The van der Waals surface area contributed by atoms with Crippen LogP contribution in [-0.4, -0.2) is 31.5 Å². The second kappa shape index (κ2) is 7.04. The molecule has 0 spiro atoms. The summed E-state index contributed by atoms with van der Waals surface area (Å²) in [5.41, 5.74) is -12.3. The molecule has 1 rings (SSSR count). The van der Waals surface area contributed by atoms with E-state index in [0.29, 0.717) is 0 Å². The van der Waals surface area contributed by atoms with Gasteiger partial charge in [-0.25, -0.2) is 0 Å². The first-order valence-corrected chi connectivity index (χ1v) is 8.16. The fourth-order valence-corrected chi connectivity index (χ4v) is 2.86. The topological polar surface area (TPSA) is 54.4 Å². The second-order valence-corrected chi connectivity index (χ2v) is 6.94. The molecule has 0 aliphatic rings. The van der Waals surface area contributed by atoms with Crippen molar-refractivity contribution < 1.29 is 78.8 Å². The van der Waals surface area contributed by atoms with Crippen LogP contribution in [0.2, 0.25) is 0 Å². The predicted octanol–water partition coefficient (Wildman–Crippen LogP) is 5.90. The molecule has 0 aliphatic heterocycles. The summed E-state index contributed by atoms with van der Waals surface area (Å²) in [6.07, 6.45) is -21.8. The van der Waals surface area contributed by atoms with Crippen LogP contribution in [-0.2, 0) is 27.9 Å². The van der Waals surface area contributed by atoms with Gasteiger partial charge in [-0.15, -0.1) is 0 Å². The molecule has 1 aromatic rings. The Kier molecular flexibility index (Phi) is 6.16. The van der Waals surface area contributed by atoms with Gasteiger partial charge in [0.25, 0.3) is 10.1 Å². The van der Waals surface area contributed by atoms with Crippen LogP contribution in [0.4, 0.5) is 65.9 Å². The molecule has 180 valence electrons. The first-order valence-electron chi connectivity index (χ1n) is 6.72. The number of benzene rings is 1. The summed E-state index contributed by atoms with van der Waals surface area (Å²) >= 11 is 0. The van der Waals surface area contributed by atoms with E-state index in [-0.39, 0.29) is 0 Å². The highest BCUT2D eigenvalue weighted by molar-refractivity contribution is 7.85. The number of halogens is 15. The standard InChI is InChI=1S/C12H3F15O3S/c13-7(14,10(19,20)21)3-1-2-4(31(28,29)30)6(9(17,18)12(25,26)27)5(3)8(15,16)11(22,23)24/h1-2H,(H,28,29,30). The van der Waals surface area contributed by atoms with Gasteiger partial charge >= 0.3 is 36.3 Å². The fraction of sp³-hybridized carbons (Fsp3) is 0.500. The van der Waals surface area contributed by atoms with Crippen molar-refractivity contribution in [2.75, 3.05) is 0 Å². The van der Waals surface area contributed by atoms with Gasteiger partial charge in [-0.1, -0.05) is 6.07 Å². The number of alkyl halides is 15. The van der Waals surface area contributed by atoms with E-state index >= 15 is 0 Å². The van der Waals surface area contributed by atoms with E-state index in [0.717, 1.165) is 0 Å². The number of rotatable bonds is 4. The molecule has 0 unspecified atom stereocenters. The summed E-state index contributed by atoms with van der Waals surface area (Å²) < 4.78 is 227. The van der Waals surface area contributed by atoms with Crippen LogP contribution >= 0.6 is 0 Å². The molecule has 0 bridgehead atoms. The summed E-state index contributed by atoms with van der Waals surface area (Å²) in [5, 5.41) is 0. The van der Waals surface area contributed by atoms with Gasteiger partial charge in [-0.3, -0.25) is 4.55 Å². The van der Waals surface area contributed by atoms with Crippen LogP contribution in [0, 0.1) is 0 Å². The molecule has 0 fully saturated rings. The lowest BCUT2D eigenvalue weighted by atomic mass is 9.88. The highest BCUT2D eigenvalue weighted by atomic mass is 32.2. The molecule has 0 aliphatic carbocycles. The van der Waals surface area contributed by atoms with E-state index in [2.05, 4.69) is 0 Å². The lowest BCUT2D eigenvalue weighted by Gasteiger charge is -2.32. The van der Waals surface area contributed by atoms with Crippen LogP contribution in [0.15, 0.2) is 17.0 Å². The average Bonchev–Trinajstić information content (AvgIpc) is 2.49. The molecule has 0 aromatic heterocycles. The molecular formula is C12H3F15O3S. The Morgan fingerprint density at radius 2 is 0.871 bits per heavy atom. The molecule has 0 radical (unpaired) electrons. The largest absolute Gasteiger partial charge is 0.458 e. The Morgan fingerprint density at radius 1 is 0.548 bits per heavy atom. The maximum absolute atomic E-state index is 13.8. The maximum Gasteiger partial charge on any atom is 0.458 e. The van der Waals surface area contributed by atoms with Crippen molar-refractivity contribution in [3.05, 3.63) is 28.8 Å². The molecular weight excluding hydrogens is 509 g/mol. The van der Waals surface area contributed by atoms with Crippen molar-refractivity contribution in [3.63, 3.8) is 0 Å². The zero-order valence-corrected chi connectivity index (χ0v) is 14.3. The summed E-state index contributed by atoms with van der Waals surface area (Å²) in [7, 11) is -6.61. The van der Waals surface area contributed by atoms with Gasteiger partial charge in [0.1, 0.15) is 4.90 Å². The Morgan fingerprint density at radius 3 is 1.16 bits per heavy atom. The summed E-state index contributed by atoms with van der Waals surface area (Å²) in [5.74, 6) is -21.4. The van der Waals surface area contributed by atoms with Crippen molar-refractivity contribution in [1.82, 2.24) is 0 Å². The molecule has 0 saturated carbocycles. The van der Waals surface area contributed by atoms with Gasteiger partial charge in [0.15, 0.2) is 0 Å². The van der Waals surface area contributed by atoms with Gasteiger partial charge in [-0.2, -0.15) is 74.3 Å². The van der Waals surface area contributed by atoms with Crippen LogP contribution in [0.25, 0.3) is 0 Å². The molecule has 0 heterocycles. The molecule has 0 saturated heterocycles. The van der Waals surface area contributed by atoms with Crippen molar-refractivity contribution >= 4 is 10.1 Å². The van der Waals surface area contributed by atoms with Crippen molar-refractivity contribution in [3.8, 4) is 0 Å². The molecule has 0 atom stereocenters. The molecule has 1 N–H and O–H groups in total. The highest BCUT2D eigenvalue weighted by Gasteiger charge is 2.71. The van der Waals surface area contributed by atoms with Gasteiger partial charge in [0.05, 0.1) is 11.1 Å². The zero-order valence-electron chi connectivity index (χ0n) is 13.5. The third-order valence-electron chi connectivity index (χ3n) is 3.48. The third-order valence-corrected chi connectivity index (χ3v) is 4.38. The minimum absolute atomic E-state index is 1.03. The third kappa shape index (κ3) is 4.37. The lowest BCUT2D eigenvalue weighted by Crippen LogP contribution is -2.45. The summed E-state index contributed by atoms with van der Waals surface area (Å²) in [6, 6.07) is -2.24. The SMILES string of the molecule is O=S(=O)(O)c1ccc(C(F)(F)C(F)(F)F)c(C(F)(F)C(F)(F)F)c1C(F)(F)C(F)(F)F. The monoisotopic (exact) mass is 512 g/mol. The fourth-order valence-electron chi connectivity index (χ4n) is 2.13. The van der Waals surface area contributed by atoms with E-state index in [9.17, 15) is 74.3 Å². The molecule has 1 aromatic carbocycles. The lowest BCUT2D eigenvalue weighted by molar-refractivity contribution is -0.309. The van der Waals surface area contributed by atoms with Crippen molar-refractivity contribution in [2.45, 2.75) is 41.2 Å². The minimum Gasteiger partial charge on any atom is -0.282 e. The zero-order chi connectivity index (χ0) is 25.2. The molecule has 3 nitrogen and oxygen atoms in total. The predicted molar refractivity (Wildman–Crippen MR) is 66.1 cm³/mol. The Bertz CT molecular complexity index is 953. The first-order chi connectivity index (χ1) is 13.2. The van der Waals surface area contributed by atoms with Gasteiger partial charge in [0, 0.05) is 5.56 Å². The van der Waals surface area contributed by atoms with E-state index in [1.807, 2.05) is 0 Å². The van der Waals surface area contributed by atoms with Crippen LogP contribution in [0.5, 0.6) is 0 Å². The minimum atomic E-state index is -7.38. The number of hydrogen-bond donors (Lipinski definition) is 1. The first kappa shape index (κ1) is 27.1. The quantitative estimate of drug-likeness (QED) is 0.404. The van der Waals surface area contributed by atoms with Gasteiger partial charge < -0.3 is 0 Å². The van der Waals surface area contributed by atoms with Crippen molar-refractivity contribution in [2.24, 2.45) is 0 Å². The molecule has 31 heavy (non-hydrogen) atoms. The Hall–Kier alpha value is -1.92. The normalized spacial score (nSPS) is 15.4. The van der Waals surface area contributed by atoms with Gasteiger partial charge in [0.2, 0.25) is 0 Å². The van der Waals surface area contributed by atoms with E-state index < -0.39 is 80.1 Å². The molecule has 19 heteroatoms. The maximum atomic E-state index is 13.8.